The smallest absolute Gasteiger partial charge is 0.315 e. The van der Waals surface area contributed by atoms with E-state index in [9.17, 15) is 9.90 Å². The first-order valence-corrected chi connectivity index (χ1v) is 6.75. The normalized spacial score (nSPS) is 29.1. The number of carboxylic acids is 1. The topological polar surface area (TPSA) is 40.5 Å². The summed E-state index contributed by atoms with van der Waals surface area (Å²) < 4.78 is 0. The minimum atomic E-state index is -0.690. The molecule has 1 aliphatic rings. The minimum Gasteiger partial charge on any atom is -0.481 e. The third-order valence-electron chi connectivity index (χ3n) is 4.04. The van der Waals surface area contributed by atoms with Crippen molar-refractivity contribution in [1.82, 2.24) is 4.90 Å². The summed E-state index contributed by atoms with van der Waals surface area (Å²) in [6.07, 6.45) is 1.37. The van der Waals surface area contributed by atoms with Crippen LogP contribution in [-0.2, 0) is 10.2 Å². The Hall–Kier alpha value is -0.870. The van der Waals surface area contributed by atoms with Gasteiger partial charge >= 0.3 is 5.97 Å². The molecule has 1 aromatic heterocycles. The molecule has 1 saturated heterocycles. The van der Waals surface area contributed by atoms with Crippen LogP contribution in [0.3, 0.4) is 0 Å². The molecule has 2 rings (SSSR count). The molecule has 0 aromatic carbocycles. The molecule has 0 saturated carbocycles. The zero-order valence-corrected chi connectivity index (χ0v) is 11.4. The number of carboxylic acid groups (broad SMARTS) is 1. The maximum absolute atomic E-state index is 11.8. The highest BCUT2D eigenvalue weighted by Gasteiger charge is 2.49. The summed E-state index contributed by atoms with van der Waals surface area (Å²) in [5.41, 5.74) is -0.759. The van der Waals surface area contributed by atoms with Gasteiger partial charge in [-0.05, 0) is 51.7 Å². The van der Waals surface area contributed by atoms with E-state index in [2.05, 4.69) is 25.8 Å². The summed E-state index contributed by atoms with van der Waals surface area (Å²) >= 11 is 1.56. The summed E-state index contributed by atoms with van der Waals surface area (Å²) in [6.45, 7) is 5.08. The molecule has 0 radical (unpaired) electrons. The van der Waals surface area contributed by atoms with Crippen molar-refractivity contribution in [3.63, 3.8) is 0 Å². The van der Waals surface area contributed by atoms with Gasteiger partial charge < -0.3 is 10.0 Å². The molecule has 1 fully saturated rings. The van der Waals surface area contributed by atoms with Gasteiger partial charge in [0.25, 0.3) is 0 Å². The van der Waals surface area contributed by atoms with Gasteiger partial charge in [-0.1, -0.05) is 6.07 Å². The van der Waals surface area contributed by atoms with Gasteiger partial charge in [0.15, 0.2) is 0 Å². The Morgan fingerprint density at radius 1 is 1.53 bits per heavy atom. The van der Waals surface area contributed by atoms with Crippen LogP contribution in [0.5, 0.6) is 0 Å². The molecule has 1 aliphatic heterocycles. The highest BCUT2D eigenvalue weighted by molar-refractivity contribution is 7.10. The van der Waals surface area contributed by atoms with E-state index >= 15 is 0 Å². The Balaban J connectivity index is 2.41. The van der Waals surface area contributed by atoms with Crippen LogP contribution in [0.1, 0.15) is 31.6 Å². The predicted molar refractivity (Wildman–Crippen MR) is 69.6 cm³/mol. The molecular weight excluding hydrogens is 234 g/mol. The quantitative estimate of drug-likeness (QED) is 0.880. The highest BCUT2D eigenvalue weighted by atomic mass is 32.1. The molecule has 0 aliphatic carbocycles. The number of piperidine rings is 1. The van der Waals surface area contributed by atoms with Crippen LogP contribution in [0.2, 0.25) is 0 Å². The lowest BCUT2D eigenvalue weighted by Crippen LogP contribution is -2.55. The fourth-order valence-electron chi connectivity index (χ4n) is 2.67. The van der Waals surface area contributed by atoms with E-state index in [1.54, 1.807) is 11.3 Å². The molecule has 94 valence electrons. The van der Waals surface area contributed by atoms with Crippen LogP contribution >= 0.6 is 11.3 Å². The Labute approximate surface area is 106 Å². The molecule has 3 nitrogen and oxygen atoms in total. The first-order valence-electron chi connectivity index (χ1n) is 5.87. The average molecular weight is 253 g/mol. The summed E-state index contributed by atoms with van der Waals surface area (Å²) in [5, 5.41) is 11.6. The first-order chi connectivity index (χ1) is 7.88. The van der Waals surface area contributed by atoms with E-state index in [0.717, 1.165) is 11.4 Å². The number of carbonyl (C=O) groups is 1. The van der Waals surface area contributed by atoms with Gasteiger partial charge in [-0.15, -0.1) is 11.3 Å². The molecule has 4 heteroatoms. The van der Waals surface area contributed by atoms with E-state index in [0.29, 0.717) is 12.8 Å². The van der Waals surface area contributed by atoms with Crippen LogP contribution in [0, 0.1) is 0 Å². The highest BCUT2D eigenvalue weighted by Crippen LogP contribution is 2.44. The number of hydrogen-bond donors (Lipinski definition) is 1. The van der Waals surface area contributed by atoms with Gasteiger partial charge in [-0.3, -0.25) is 4.79 Å². The van der Waals surface area contributed by atoms with E-state index in [4.69, 9.17) is 0 Å². The van der Waals surface area contributed by atoms with Crippen molar-refractivity contribution in [2.24, 2.45) is 0 Å². The zero-order valence-electron chi connectivity index (χ0n) is 10.6. The Morgan fingerprint density at radius 3 is 2.71 bits per heavy atom. The fourth-order valence-corrected chi connectivity index (χ4v) is 3.62. The van der Waals surface area contributed by atoms with Crippen molar-refractivity contribution in [2.75, 3.05) is 13.6 Å². The third-order valence-corrected chi connectivity index (χ3v) is 5.12. The number of hydrogen-bond acceptors (Lipinski definition) is 3. The van der Waals surface area contributed by atoms with Crippen molar-refractivity contribution in [3.8, 4) is 0 Å². The third kappa shape index (κ3) is 2.00. The van der Waals surface area contributed by atoms with E-state index in [1.807, 2.05) is 17.5 Å². The Kier molecular flexibility index (Phi) is 3.04. The number of rotatable bonds is 2. The van der Waals surface area contributed by atoms with Gasteiger partial charge in [0.1, 0.15) is 5.41 Å². The fraction of sp³-hybridized carbons (Fsp3) is 0.615. The molecule has 1 atom stereocenters. The zero-order chi connectivity index (χ0) is 12.7. The monoisotopic (exact) mass is 253 g/mol. The number of aliphatic carboxylic acids is 1. The maximum atomic E-state index is 11.8. The molecule has 1 unspecified atom stereocenters. The molecule has 2 heterocycles. The maximum Gasteiger partial charge on any atom is 0.315 e. The molecular formula is C13H19NO2S. The summed E-state index contributed by atoms with van der Waals surface area (Å²) in [5.74, 6) is -0.680. The lowest BCUT2D eigenvalue weighted by Gasteiger charge is -2.47. The second kappa shape index (κ2) is 4.10. The lowest BCUT2D eigenvalue weighted by atomic mass is 9.70. The predicted octanol–water partition coefficient (Wildman–Crippen LogP) is 2.57. The van der Waals surface area contributed by atoms with Crippen LogP contribution < -0.4 is 0 Å². The molecule has 1 aromatic rings. The second-order valence-corrected chi connectivity index (χ2v) is 6.47. The Bertz CT molecular complexity index is 413. The van der Waals surface area contributed by atoms with Gasteiger partial charge in [-0.25, -0.2) is 0 Å². The van der Waals surface area contributed by atoms with Gasteiger partial charge in [0.2, 0.25) is 0 Å². The number of nitrogens with zero attached hydrogens (tertiary/aromatic N) is 1. The molecule has 1 N–H and O–H groups in total. The van der Waals surface area contributed by atoms with Crippen molar-refractivity contribution in [1.29, 1.82) is 0 Å². The van der Waals surface area contributed by atoms with Gasteiger partial charge in [0.05, 0.1) is 0 Å². The standard InChI is InChI=1S/C13H19NO2S/c1-12(2)9-13(11(15)16,6-7-14(12)3)10-5-4-8-17-10/h4-5,8H,6-7,9H2,1-3H3,(H,15,16). The van der Waals surface area contributed by atoms with Gasteiger partial charge in [-0.2, -0.15) is 0 Å². The summed E-state index contributed by atoms with van der Waals surface area (Å²) in [7, 11) is 2.07. The average Bonchev–Trinajstić information content (AvgIpc) is 2.75. The van der Waals surface area contributed by atoms with Crippen molar-refractivity contribution >= 4 is 17.3 Å². The second-order valence-electron chi connectivity index (χ2n) is 5.53. The largest absolute Gasteiger partial charge is 0.481 e. The van der Waals surface area contributed by atoms with Crippen molar-refractivity contribution in [2.45, 2.75) is 37.6 Å². The molecule has 0 spiro atoms. The summed E-state index contributed by atoms with van der Waals surface area (Å²) in [4.78, 5) is 15.0. The number of thiophene rings is 1. The minimum absolute atomic E-state index is 0.0688. The molecule has 0 bridgehead atoms. The van der Waals surface area contributed by atoms with Crippen LogP contribution in [0.25, 0.3) is 0 Å². The van der Waals surface area contributed by atoms with Crippen LogP contribution in [0.15, 0.2) is 17.5 Å². The van der Waals surface area contributed by atoms with E-state index < -0.39 is 11.4 Å². The van der Waals surface area contributed by atoms with Crippen LogP contribution in [-0.4, -0.2) is 35.1 Å². The van der Waals surface area contributed by atoms with E-state index in [-0.39, 0.29) is 5.54 Å². The van der Waals surface area contributed by atoms with Crippen molar-refractivity contribution in [3.05, 3.63) is 22.4 Å². The summed E-state index contributed by atoms with van der Waals surface area (Å²) in [6, 6.07) is 3.90. The van der Waals surface area contributed by atoms with Crippen LogP contribution in [0.4, 0.5) is 0 Å². The molecule has 17 heavy (non-hydrogen) atoms. The SMILES string of the molecule is CN1CCC(C(=O)O)(c2cccs2)CC1(C)C. The lowest BCUT2D eigenvalue weighted by molar-refractivity contribution is -0.148. The van der Waals surface area contributed by atoms with E-state index in [1.165, 1.54) is 0 Å². The van der Waals surface area contributed by atoms with Gasteiger partial charge in [0, 0.05) is 10.4 Å². The number of likely N-dealkylation sites (tertiary alicyclic amines) is 1. The molecule has 0 amide bonds. The van der Waals surface area contributed by atoms with Crippen molar-refractivity contribution < 1.29 is 9.90 Å². The Morgan fingerprint density at radius 2 is 2.24 bits per heavy atom. The first kappa shape index (κ1) is 12.6.